The SMILES string of the molecule is CC(C)OCCOCC(O)CN[C@@H](C)C1CCCCCC1. The highest BCUT2D eigenvalue weighted by Gasteiger charge is 2.19. The van der Waals surface area contributed by atoms with E-state index < -0.39 is 6.10 Å². The summed E-state index contributed by atoms with van der Waals surface area (Å²) in [5.74, 6) is 0.764. The van der Waals surface area contributed by atoms with E-state index in [4.69, 9.17) is 9.47 Å². The minimum Gasteiger partial charge on any atom is -0.389 e. The molecule has 0 aromatic rings. The van der Waals surface area contributed by atoms with E-state index in [-0.39, 0.29) is 6.10 Å². The van der Waals surface area contributed by atoms with Gasteiger partial charge in [0, 0.05) is 12.6 Å². The number of hydrogen-bond donors (Lipinski definition) is 2. The van der Waals surface area contributed by atoms with Gasteiger partial charge in [0.2, 0.25) is 0 Å². The molecule has 0 spiro atoms. The summed E-state index contributed by atoms with van der Waals surface area (Å²) in [6, 6.07) is 0.488. The zero-order valence-corrected chi connectivity index (χ0v) is 14.1. The molecule has 1 aliphatic carbocycles. The maximum absolute atomic E-state index is 9.93. The summed E-state index contributed by atoms with van der Waals surface area (Å²) in [6.07, 6.45) is 7.95. The first-order chi connectivity index (χ1) is 10.1. The minimum atomic E-state index is -0.433. The molecule has 0 saturated heterocycles. The fourth-order valence-corrected chi connectivity index (χ4v) is 2.92. The van der Waals surface area contributed by atoms with Crippen LogP contribution in [0.2, 0.25) is 0 Å². The second kappa shape index (κ2) is 11.4. The first kappa shape index (κ1) is 18.9. The van der Waals surface area contributed by atoms with Crippen LogP contribution in [0.1, 0.15) is 59.3 Å². The van der Waals surface area contributed by atoms with Crippen LogP contribution in [0.25, 0.3) is 0 Å². The van der Waals surface area contributed by atoms with E-state index >= 15 is 0 Å². The van der Waals surface area contributed by atoms with Crippen LogP contribution < -0.4 is 5.32 Å². The molecule has 4 nitrogen and oxygen atoms in total. The largest absolute Gasteiger partial charge is 0.389 e. The van der Waals surface area contributed by atoms with E-state index in [1.807, 2.05) is 13.8 Å². The molecule has 1 unspecified atom stereocenters. The van der Waals surface area contributed by atoms with Gasteiger partial charge in [0.25, 0.3) is 0 Å². The molecule has 0 heterocycles. The summed E-state index contributed by atoms with van der Waals surface area (Å²) in [5, 5.41) is 13.4. The van der Waals surface area contributed by atoms with Gasteiger partial charge in [-0.15, -0.1) is 0 Å². The lowest BCUT2D eigenvalue weighted by Gasteiger charge is -2.25. The van der Waals surface area contributed by atoms with E-state index in [0.717, 1.165) is 5.92 Å². The molecule has 0 bridgehead atoms. The molecule has 0 radical (unpaired) electrons. The maximum atomic E-state index is 9.93. The Morgan fingerprint density at radius 1 is 1.05 bits per heavy atom. The Balaban J connectivity index is 2.04. The van der Waals surface area contributed by atoms with Crippen molar-refractivity contribution in [2.75, 3.05) is 26.4 Å². The molecule has 0 aromatic heterocycles. The van der Waals surface area contributed by atoms with Gasteiger partial charge in [-0.3, -0.25) is 0 Å². The van der Waals surface area contributed by atoms with Crippen molar-refractivity contribution in [3.8, 4) is 0 Å². The molecule has 4 heteroatoms. The predicted octanol–water partition coefficient (Wildman–Crippen LogP) is 2.74. The van der Waals surface area contributed by atoms with Crippen LogP contribution in [0.4, 0.5) is 0 Å². The van der Waals surface area contributed by atoms with Crippen molar-refractivity contribution >= 4 is 0 Å². The summed E-state index contributed by atoms with van der Waals surface area (Å²) in [4.78, 5) is 0. The van der Waals surface area contributed by atoms with Gasteiger partial charge in [-0.1, -0.05) is 25.7 Å². The Morgan fingerprint density at radius 3 is 2.33 bits per heavy atom. The first-order valence-corrected chi connectivity index (χ1v) is 8.70. The van der Waals surface area contributed by atoms with Crippen LogP contribution in [0.5, 0.6) is 0 Å². The van der Waals surface area contributed by atoms with Crippen LogP contribution in [-0.2, 0) is 9.47 Å². The van der Waals surface area contributed by atoms with Crippen molar-refractivity contribution in [1.29, 1.82) is 0 Å². The number of nitrogens with one attached hydrogen (secondary N) is 1. The van der Waals surface area contributed by atoms with Crippen LogP contribution in [0, 0.1) is 5.92 Å². The fraction of sp³-hybridized carbons (Fsp3) is 1.00. The van der Waals surface area contributed by atoms with Gasteiger partial charge in [-0.25, -0.2) is 0 Å². The van der Waals surface area contributed by atoms with E-state index in [1.54, 1.807) is 0 Å². The lowest BCUT2D eigenvalue weighted by atomic mass is 9.93. The monoisotopic (exact) mass is 301 g/mol. The maximum Gasteiger partial charge on any atom is 0.0897 e. The summed E-state index contributed by atoms with van der Waals surface area (Å²) >= 11 is 0. The zero-order valence-electron chi connectivity index (χ0n) is 14.1. The summed E-state index contributed by atoms with van der Waals surface area (Å²) < 4.78 is 10.8. The quantitative estimate of drug-likeness (QED) is 0.481. The molecule has 126 valence electrons. The standard InChI is InChI=1S/C17H35NO3/c1-14(2)21-11-10-20-13-17(19)12-18-15(3)16-8-6-4-5-7-9-16/h14-19H,4-13H2,1-3H3/t15-,17?/m0/s1. The smallest absolute Gasteiger partial charge is 0.0897 e. The van der Waals surface area contributed by atoms with Crippen molar-refractivity contribution in [3.05, 3.63) is 0 Å². The van der Waals surface area contributed by atoms with Crippen LogP contribution in [-0.4, -0.2) is 49.7 Å². The van der Waals surface area contributed by atoms with Gasteiger partial charge in [-0.05, 0) is 39.5 Å². The molecule has 0 aliphatic heterocycles. The molecule has 0 amide bonds. The Bertz CT molecular complexity index is 240. The van der Waals surface area contributed by atoms with Gasteiger partial charge in [0.15, 0.2) is 0 Å². The van der Waals surface area contributed by atoms with E-state index in [9.17, 15) is 5.11 Å². The minimum absolute atomic E-state index is 0.237. The third-order valence-corrected chi connectivity index (χ3v) is 4.27. The lowest BCUT2D eigenvalue weighted by molar-refractivity contribution is -0.0108. The summed E-state index contributed by atoms with van der Waals surface area (Å²) in [7, 11) is 0. The second-order valence-corrected chi connectivity index (χ2v) is 6.60. The topological polar surface area (TPSA) is 50.7 Å². The van der Waals surface area contributed by atoms with Gasteiger partial charge < -0.3 is 19.9 Å². The van der Waals surface area contributed by atoms with Crippen molar-refractivity contribution in [2.45, 2.75) is 77.5 Å². The van der Waals surface area contributed by atoms with Crippen molar-refractivity contribution in [2.24, 2.45) is 5.92 Å². The molecular formula is C17H35NO3. The van der Waals surface area contributed by atoms with Crippen molar-refractivity contribution < 1.29 is 14.6 Å². The number of aliphatic hydroxyl groups excluding tert-OH is 1. The lowest BCUT2D eigenvalue weighted by Crippen LogP contribution is -2.40. The highest BCUT2D eigenvalue weighted by atomic mass is 16.5. The molecule has 0 aromatic carbocycles. The number of rotatable bonds is 10. The Morgan fingerprint density at radius 2 is 1.71 bits per heavy atom. The van der Waals surface area contributed by atoms with Crippen molar-refractivity contribution in [3.63, 3.8) is 0 Å². The highest BCUT2D eigenvalue weighted by Crippen LogP contribution is 2.25. The molecule has 2 atom stereocenters. The average Bonchev–Trinajstić information content (AvgIpc) is 2.73. The Labute approximate surface area is 130 Å². The zero-order chi connectivity index (χ0) is 15.5. The molecule has 21 heavy (non-hydrogen) atoms. The molecule has 1 aliphatic rings. The summed E-state index contributed by atoms with van der Waals surface area (Å²) in [6.45, 7) is 8.40. The number of aliphatic hydroxyl groups is 1. The predicted molar refractivity (Wildman–Crippen MR) is 86.6 cm³/mol. The van der Waals surface area contributed by atoms with Crippen LogP contribution in [0.3, 0.4) is 0 Å². The number of hydrogen-bond acceptors (Lipinski definition) is 4. The summed E-state index contributed by atoms with van der Waals surface area (Å²) in [5.41, 5.74) is 0. The van der Waals surface area contributed by atoms with Gasteiger partial charge in [0.1, 0.15) is 0 Å². The number of ether oxygens (including phenoxy) is 2. The molecule has 1 saturated carbocycles. The van der Waals surface area contributed by atoms with Gasteiger partial charge in [-0.2, -0.15) is 0 Å². The normalized spacial score (nSPS) is 20.4. The van der Waals surface area contributed by atoms with E-state index in [0.29, 0.717) is 32.4 Å². The highest BCUT2D eigenvalue weighted by molar-refractivity contribution is 4.76. The molecule has 1 fully saturated rings. The molecular weight excluding hydrogens is 266 g/mol. The van der Waals surface area contributed by atoms with Crippen molar-refractivity contribution in [1.82, 2.24) is 5.32 Å². The first-order valence-electron chi connectivity index (χ1n) is 8.70. The third-order valence-electron chi connectivity index (χ3n) is 4.27. The van der Waals surface area contributed by atoms with E-state index in [1.165, 1.54) is 38.5 Å². The Kier molecular flexibility index (Phi) is 10.3. The Hall–Kier alpha value is -0.160. The van der Waals surface area contributed by atoms with Gasteiger partial charge in [0.05, 0.1) is 32.0 Å². The fourth-order valence-electron chi connectivity index (χ4n) is 2.92. The van der Waals surface area contributed by atoms with Crippen LogP contribution >= 0.6 is 0 Å². The average molecular weight is 301 g/mol. The van der Waals surface area contributed by atoms with Gasteiger partial charge >= 0.3 is 0 Å². The second-order valence-electron chi connectivity index (χ2n) is 6.60. The van der Waals surface area contributed by atoms with Crippen LogP contribution in [0.15, 0.2) is 0 Å². The molecule has 1 rings (SSSR count). The third kappa shape index (κ3) is 9.46. The molecule has 2 N–H and O–H groups in total. The van der Waals surface area contributed by atoms with E-state index in [2.05, 4.69) is 12.2 Å².